The molecule has 0 spiro atoms. The summed E-state index contributed by atoms with van der Waals surface area (Å²) >= 11 is 0. The molecule has 0 fully saturated rings. The fourth-order valence-electron chi connectivity index (χ4n) is 2.75. The molecular formula is C18H17N3O5S. The summed E-state index contributed by atoms with van der Waals surface area (Å²) in [5.41, 5.74) is 1.39. The van der Waals surface area contributed by atoms with E-state index in [1.54, 1.807) is 42.5 Å². The van der Waals surface area contributed by atoms with Crippen LogP contribution in [0, 0.1) is 0 Å². The van der Waals surface area contributed by atoms with Crippen molar-refractivity contribution in [1.82, 2.24) is 4.90 Å². The van der Waals surface area contributed by atoms with Crippen LogP contribution in [-0.4, -0.2) is 43.8 Å². The van der Waals surface area contributed by atoms with Gasteiger partial charge in [-0.2, -0.15) is 0 Å². The number of anilines is 2. The molecule has 0 aromatic heterocycles. The Morgan fingerprint density at radius 1 is 0.963 bits per heavy atom. The number of imide groups is 1. The smallest absolute Gasteiger partial charge is 0.261 e. The first-order chi connectivity index (χ1) is 12.7. The number of nitrogens with one attached hydrogen (secondary N) is 2. The highest BCUT2D eigenvalue weighted by atomic mass is 32.2. The second-order valence-corrected chi connectivity index (χ2v) is 7.81. The molecule has 1 heterocycles. The van der Waals surface area contributed by atoms with Gasteiger partial charge in [0, 0.05) is 18.7 Å². The molecule has 0 unspecified atom stereocenters. The van der Waals surface area contributed by atoms with E-state index < -0.39 is 27.7 Å². The normalized spacial score (nSPS) is 13.4. The summed E-state index contributed by atoms with van der Waals surface area (Å²) < 4.78 is 24.9. The first kappa shape index (κ1) is 18.6. The highest BCUT2D eigenvalue weighted by molar-refractivity contribution is 7.92. The number of nitrogens with zero attached hydrogens (tertiary/aromatic N) is 1. The molecule has 2 aromatic rings. The van der Waals surface area contributed by atoms with Crippen LogP contribution in [0.4, 0.5) is 11.4 Å². The predicted octanol–water partition coefficient (Wildman–Crippen LogP) is 1.68. The Balaban J connectivity index is 1.60. The van der Waals surface area contributed by atoms with Crippen molar-refractivity contribution in [2.75, 3.05) is 22.8 Å². The van der Waals surface area contributed by atoms with Gasteiger partial charge in [0.15, 0.2) is 0 Å². The van der Waals surface area contributed by atoms with Gasteiger partial charge in [-0.15, -0.1) is 0 Å². The lowest BCUT2D eigenvalue weighted by molar-refractivity contribution is -0.116. The molecule has 2 aromatic carbocycles. The SMILES string of the molecule is CS(=O)(=O)Nc1cccc(NC(=O)CCN2C(=O)c3ccccc3C2=O)c1. The highest BCUT2D eigenvalue weighted by Gasteiger charge is 2.34. The van der Waals surface area contributed by atoms with Crippen LogP contribution in [0.15, 0.2) is 48.5 Å². The van der Waals surface area contributed by atoms with Gasteiger partial charge in [-0.3, -0.25) is 24.0 Å². The summed E-state index contributed by atoms with van der Waals surface area (Å²) in [7, 11) is -3.43. The minimum atomic E-state index is -3.43. The molecule has 0 saturated heterocycles. The second-order valence-electron chi connectivity index (χ2n) is 6.06. The van der Waals surface area contributed by atoms with Crippen LogP contribution < -0.4 is 10.0 Å². The van der Waals surface area contributed by atoms with Crippen LogP contribution in [-0.2, 0) is 14.8 Å². The van der Waals surface area contributed by atoms with E-state index in [9.17, 15) is 22.8 Å². The Bertz CT molecular complexity index is 998. The van der Waals surface area contributed by atoms with E-state index in [1.807, 2.05) is 0 Å². The standard InChI is InChI=1S/C18H17N3O5S/c1-27(25,26)20-13-6-4-5-12(11-13)19-16(22)9-10-21-17(23)14-7-2-3-8-15(14)18(21)24/h2-8,11,20H,9-10H2,1H3,(H,19,22). The fourth-order valence-corrected chi connectivity index (χ4v) is 3.31. The third kappa shape index (κ3) is 4.32. The molecule has 0 atom stereocenters. The Hall–Kier alpha value is -3.20. The van der Waals surface area contributed by atoms with E-state index in [2.05, 4.69) is 10.0 Å². The molecule has 1 aliphatic heterocycles. The van der Waals surface area contributed by atoms with Crippen molar-refractivity contribution in [1.29, 1.82) is 0 Å². The van der Waals surface area contributed by atoms with Gasteiger partial charge in [-0.25, -0.2) is 8.42 Å². The van der Waals surface area contributed by atoms with Crippen molar-refractivity contribution in [2.45, 2.75) is 6.42 Å². The molecule has 0 saturated carbocycles. The van der Waals surface area contributed by atoms with E-state index >= 15 is 0 Å². The maximum atomic E-state index is 12.3. The van der Waals surface area contributed by atoms with E-state index in [0.717, 1.165) is 11.2 Å². The predicted molar refractivity (Wildman–Crippen MR) is 100.0 cm³/mol. The van der Waals surface area contributed by atoms with Gasteiger partial charge in [-0.05, 0) is 30.3 Å². The maximum Gasteiger partial charge on any atom is 0.261 e. The van der Waals surface area contributed by atoms with E-state index in [0.29, 0.717) is 22.5 Å². The zero-order valence-electron chi connectivity index (χ0n) is 14.4. The molecule has 9 heteroatoms. The number of sulfonamides is 1. The third-order valence-electron chi connectivity index (χ3n) is 3.89. The first-order valence-corrected chi connectivity index (χ1v) is 9.97. The molecule has 27 heavy (non-hydrogen) atoms. The van der Waals surface area contributed by atoms with Crippen molar-refractivity contribution in [3.8, 4) is 0 Å². The lowest BCUT2D eigenvalue weighted by Crippen LogP contribution is -2.32. The van der Waals surface area contributed by atoms with Gasteiger partial charge in [0.2, 0.25) is 15.9 Å². The topological polar surface area (TPSA) is 113 Å². The average molecular weight is 387 g/mol. The highest BCUT2D eigenvalue weighted by Crippen LogP contribution is 2.22. The van der Waals surface area contributed by atoms with Crippen molar-refractivity contribution in [2.24, 2.45) is 0 Å². The summed E-state index contributed by atoms with van der Waals surface area (Å²) in [4.78, 5) is 37.7. The van der Waals surface area contributed by atoms with Gasteiger partial charge in [0.1, 0.15) is 0 Å². The summed E-state index contributed by atoms with van der Waals surface area (Å²) in [6.45, 7) is -0.0422. The lowest BCUT2D eigenvalue weighted by Gasteiger charge is -2.14. The van der Waals surface area contributed by atoms with Crippen LogP contribution in [0.5, 0.6) is 0 Å². The number of amides is 3. The summed E-state index contributed by atoms with van der Waals surface area (Å²) in [6, 6.07) is 12.7. The molecule has 0 aliphatic carbocycles. The number of carbonyl (C=O) groups excluding carboxylic acids is 3. The summed E-state index contributed by atoms with van der Waals surface area (Å²) in [5.74, 6) is -1.23. The number of hydrogen-bond donors (Lipinski definition) is 2. The van der Waals surface area contributed by atoms with Crippen molar-refractivity contribution in [3.05, 3.63) is 59.7 Å². The van der Waals surface area contributed by atoms with Crippen LogP contribution in [0.2, 0.25) is 0 Å². The van der Waals surface area contributed by atoms with Crippen LogP contribution in [0.25, 0.3) is 0 Å². The second kappa shape index (κ2) is 7.20. The zero-order valence-corrected chi connectivity index (χ0v) is 15.2. The molecule has 3 rings (SSSR count). The largest absolute Gasteiger partial charge is 0.326 e. The molecule has 1 aliphatic rings. The van der Waals surface area contributed by atoms with Gasteiger partial charge in [0.25, 0.3) is 11.8 Å². The van der Waals surface area contributed by atoms with E-state index in [4.69, 9.17) is 0 Å². The number of fused-ring (bicyclic) bond motifs is 1. The maximum absolute atomic E-state index is 12.3. The van der Waals surface area contributed by atoms with Gasteiger partial charge < -0.3 is 5.32 Å². The first-order valence-electron chi connectivity index (χ1n) is 8.07. The Kier molecular flexibility index (Phi) is 4.95. The molecule has 140 valence electrons. The quantitative estimate of drug-likeness (QED) is 0.733. The monoisotopic (exact) mass is 387 g/mol. The van der Waals surface area contributed by atoms with E-state index in [1.165, 1.54) is 6.07 Å². The van der Waals surface area contributed by atoms with Gasteiger partial charge in [0.05, 0.1) is 23.1 Å². The lowest BCUT2D eigenvalue weighted by atomic mass is 10.1. The zero-order chi connectivity index (χ0) is 19.6. The van der Waals surface area contributed by atoms with Gasteiger partial charge >= 0.3 is 0 Å². The van der Waals surface area contributed by atoms with Crippen molar-refractivity contribution < 1.29 is 22.8 Å². The number of rotatable bonds is 6. The van der Waals surface area contributed by atoms with Crippen LogP contribution >= 0.6 is 0 Å². The molecule has 8 nitrogen and oxygen atoms in total. The minimum absolute atomic E-state index is 0.0422. The third-order valence-corrected chi connectivity index (χ3v) is 4.50. The van der Waals surface area contributed by atoms with Crippen molar-refractivity contribution in [3.63, 3.8) is 0 Å². The number of hydrogen-bond acceptors (Lipinski definition) is 5. The Morgan fingerprint density at radius 2 is 1.56 bits per heavy atom. The summed E-state index contributed by atoms with van der Waals surface area (Å²) in [5, 5.41) is 2.62. The van der Waals surface area contributed by atoms with Gasteiger partial charge in [-0.1, -0.05) is 18.2 Å². The summed E-state index contributed by atoms with van der Waals surface area (Å²) in [6.07, 6.45) is 0.954. The molecule has 0 radical (unpaired) electrons. The van der Waals surface area contributed by atoms with Crippen LogP contribution in [0.3, 0.4) is 0 Å². The van der Waals surface area contributed by atoms with Crippen LogP contribution in [0.1, 0.15) is 27.1 Å². The fraction of sp³-hybridized carbons (Fsp3) is 0.167. The minimum Gasteiger partial charge on any atom is -0.326 e. The molecule has 0 bridgehead atoms. The Morgan fingerprint density at radius 3 is 2.15 bits per heavy atom. The molecule has 2 N–H and O–H groups in total. The molecule has 3 amide bonds. The van der Waals surface area contributed by atoms with Crippen molar-refractivity contribution >= 4 is 39.1 Å². The number of carbonyl (C=O) groups is 3. The molecular weight excluding hydrogens is 370 g/mol. The number of benzene rings is 2. The van der Waals surface area contributed by atoms with E-state index in [-0.39, 0.29) is 13.0 Å². The Labute approximate surface area is 156 Å². The average Bonchev–Trinajstić information content (AvgIpc) is 2.83.